The predicted molar refractivity (Wildman–Crippen MR) is 74.2 cm³/mol. The van der Waals surface area contributed by atoms with Crippen LogP contribution in [0.5, 0.6) is 0 Å². The van der Waals surface area contributed by atoms with E-state index in [1.807, 2.05) is 12.1 Å². The molecule has 0 unspecified atom stereocenters. The van der Waals surface area contributed by atoms with E-state index in [2.05, 4.69) is 38.5 Å². The number of hydrogen-bond donors (Lipinski definition) is 0. The first-order valence-electron chi connectivity index (χ1n) is 6.09. The van der Waals surface area contributed by atoms with Crippen LogP contribution in [0.1, 0.15) is 19.6 Å². The number of furan rings is 1. The number of aliphatic imine (C=N–C) groups is 1. The van der Waals surface area contributed by atoms with E-state index in [-0.39, 0.29) is 6.04 Å². The topological polar surface area (TPSA) is 34.7 Å². The van der Waals surface area contributed by atoms with Crippen molar-refractivity contribution in [2.75, 3.05) is 6.61 Å². The van der Waals surface area contributed by atoms with Crippen LogP contribution in [0.25, 0.3) is 0 Å². The second-order valence-electron chi connectivity index (χ2n) is 5.53. The van der Waals surface area contributed by atoms with E-state index in [0.717, 1.165) is 5.76 Å². The summed E-state index contributed by atoms with van der Waals surface area (Å²) in [5.41, 5.74) is 0. The van der Waals surface area contributed by atoms with Crippen LogP contribution in [-0.4, -0.2) is 27.2 Å². The average Bonchev–Trinajstić information content (AvgIpc) is 2.68. The summed E-state index contributed by atoms with van der Waals surface area (Å²) in [4.78, 5) is 4.55. The van der Waals surface area contributed by atoms with Crippen molar-refractivity contribution in [2.45, 2.75) is 39.5 Å². The molecular formula is C13H23NO2Si. The summed E-state index contributed by atoms with van der Waals surface area (Å²) in [6.07, 6.45) is 3.45. The van der Waals surface area contributed by atoms with E-state index >= 15 is 0 Å². The predicted octanol–water partition coefficient (Wildman–Crippen LogP) is 3.57. The molecule has 0 saturated heterocycles. The molecule has 0 amide bonds. The molecule has 0 radical (unpaired) electrons. The molecule has 17 heavy (non-hydrogen) atoms. The van der Waals surface area contributed by atoms with Crippen molar-refractivity contribution >= 4 is 14.5 Å². The van der Waals surface area contributed by atoms with Gasteiger partial charge in [-0.2, -0.15) is 0 Å². The highest BCUT2D eigenvalue weighted by Crippen LogP contribution is 2.11. The van der Waals surface area contributed by atoms with Gasteiger partial charge >= 0.3 is 0 Å². The second-order valence-corrected chi connectivity index (χ2v) is 10.0. The fraction of sp³-hybridized carbons (Fsp3) is 0.615. The van der Waals surface area contributed by atoms with Gasteiger partial charge in [-0.15, -0.1) is 0 Å². The molecule has 0 spiro atoms. The molecule has 0 fully saturated rings. The van der Waals surface area contributed by atoms with Crippen LogP contribution < -0.4 is 0 Å². The average molecular weight is 253 g/mol. The molecular weight excluding hydrogens is 230 g/mol. The normalized spacial score (nSPS) is 14.7. The Bertz CT molecular complexity index is 339. The molecule has 96 valence electrons. The Morgan fingerprint density at radius 1 is 1.41 bits per heavy atom. The van der Waals surface area contributed by atoms with Crippen molar-refractivity contribution in [1.29, 1.82) is 0 Å². The minimum atomic E-state index is -1.46. The van der Waals surface area contributed by atoms with E-state index < -0.39 is 8.32 Å². The molecule has 1 heterocycles. The first-order valence-corrected chi connectivity index (χ1v) is 9.50. The maximum absolute atomic E-state index is 5.92. The molecule has 3 nitrogen and oxygen atoms in total. The van der Waals surface area contributed by atoms with E-state index in [1.54, 1.807) is 12.5 Å². The molecule has 0 aromatic carbocycles. The van der Waals surface area contributed by atoms with Gasteiger partial charge in [0.2, 0.25) is 0 Å². The molecule has 0 aliphatic rings. The molecule has 1 aromatic heterocycles. The first-order chi connectivity index (χ1) is 7.88. The van der Waals surface area contributed by atoms with Crippen LogP contribution >= 0.6 is 0 Å². The monoisotopic (exact) mass is 253 g/mol. The standard InChI is InChI=1S/C13H23NO2Si/c1-11(2)13(10-16-17(3,4)5)14-9-12-7-6-8-15-12/h6-9,11,13H,10H2,1-5H3/t13-/m0/s1. The van der Waals surface area contributed by atoms with Gasteiger partial charge in [0, 0.05) is 0 Å². The number of nitrogens with zero attached hydrogens (tertiary/aromatic N) is 1. The van der Waals surface area contributed by atoms with Crippen molar-refractivity contribution in [3.8, 4) is 0 Å². The van der Waals surface area contributed by atoms with Gasteiger partial charge in [-0.3, -0.25) is 4.99 Å². The van der Waals surface area contributed by atoms with Crippen molar-refractivity contribution < 1.29 is 8.84 Å². The van der Waals surface area contributed by atoms with Gasteiger partial charge in [0.15, 0.2) is 8.32 Å². The smallest absolute Gasteiger partial charge is 0.183 e. The van der Waals surface area contributed by atoms with E-state index in [1.165, 1.54) is 0 Å². The first kappa shape index (κ1) is 14.2. The summed E-state index contributed by atoms with van der Waals surface area (Å²) in [5.74, 6) is 1.27. The Morgan fingerprint density at radius 3 is 2.59 bits per heavy atom. The highest BCUT2D eigenvalue weighted by atomic mass is 28.4. The molecule has 0 bridgehead atoms. The van der Waals surface area contributed by atoms with Crippen LogP contribution in [0.4, 0.5) is 0 Å². The van der Waals surface area contributed by atoms with Crippen LogP contribution in [-0.2, 0) is 4.43 Å². The van der Waals surface area contributed by atoms with Gasteiger partial charge in [0.25, 0.3) is 0 Å². The molecule has 1 rings (SSSR count). The van der Waals surface area contributed by atoms with E-state index in [9.17, 15) is 0 Å². The Kier molecular flexibility index (Phi) is 5.15. The van der Waals surface area contributed by atoms with Crippen LogP contribution in [0.3, 0.4) is 0 Å². The third kappa shape index (κ3) is 5.84. The van der Waals surface area contributed by atoms with Gasteiger partial charge in [-0.1, -0.05) is 13.8 Å². The zero-order chi connectivity index (χ0) is 12.9. The zero-order valence-electron chi connectivity index (χ0n) is 11.4. The van der Waals surface area contributed by atoms with Gasteiger partial charge in [-0.25, -0.2) is 0 Å². The Labute approximate surface area is 105 Å². The molecule has 0 aliphatic carbocycles. The van der Waals surface area contributed by atoms with Crippen molar-refractivity contribution in [1.82, 2.24) is 0 Å². The summed E-state index contributed by atoms with van der Waals surface area (Å²) in [5, 5.41) is 0. The van der Waals surface area contributed by atoms with Gasteiger partial charge in [0.05, 0.1) is 25.1 Å². The third-order valence-electron chi connectivity index (χ3n) is 2.39. The fourth-order valence-electron chi connectivity index (χ4n) is 1.28. The number of hydrogen-bond acceptors (Lipinski definition) is 3. The van der Waals surface area contributed by atoms with Crippen molar-refractivity contribution in [3.05, 3.63) is 24.2 Å². The maximum atomic E-state index is 5.92. The Hall–Kier alpha value is -0.873. The van der Waals surface area contributed by atoms with Gasteiger partial charge in [0.1, 0.15) is 5.76 Å². The molecule has 0 N–H and O–H groups in total. The van der Waals surface area contributed by atoms with Crippen molar-refractivity contribution in [2.24, 2.45) is 10.9 Å². The Balaban J connectivity index is 2.55. The lowest BCUT2D eigenvalue weighted by molar-refractivity contribution is 0.255. The highest BCUT2D eigenvalue weighted by molar-refractivity contribution is 6.69. The van der Waals surface area contributed by atoms with Crippen LogP contribution in [0, 0.1) is 5.92 Å². The number of rotatable bonds is 6. The lowest BCUT2D eigenvalue weighted by Gasteiger charge is -2.22. The van der Waals surface area contributed by atoms with Crippen molar-refractivity contribution in [3.63, 3.8) is 0 Å². The largest absolute Gasteiger partial charge is 0.463 e. The second kappa shape index (κ2) is 6.17. The lowest BCUT2D eigenvalue weighted by Crippen LogP contribution is -2.31. The summed E-state index contributed by atoms with van der Waals surface area (Å²) >= 11 is 0. The molecule has 0 saturated carbocycles. The van der Waals surface area contributed by atoms with E-state index in [4.69, 9.17) is 8.84 Å². The summed E-state index contributed by atoms with van der Waals surface area (Å²) in [6.45, 7) is 11.6. The summed E-state index contributed by atoms with van der Waals surface area (Å²) < 4.78 is 11.1. The third-order valence-corrected chi connectivity index (χ3v) is 3.43. The molecule has 0 aliphatic heterocycles. The fourth-order valence-corrected chi connectivity index (χ4v) is 1.95. The highest BCUT2D eigenvalue weighted by Gasteiger charge is 2.19. The minimum Gasteiger partial charge on any atom is -0.463 e. The Morgan fingerprint density at radius 2 is 2.12 bits per heavy atom. The molecule has 4 heteroatoms. The summed E-state index contributed by atoms with van der Waals surface area (Å²) in [7, 11) is -1.46. The van der Waals surface area contributed by atoms with Crippen LogP contribution in [0.15, 0.2) is 27.8 Å². The van der Waals surface area contributed by atoms with Gasteiger partial charge in [-0.05, 0) is 37.7 Å². The van der Waals surface area contributed by atoms with Crippen LogP contribution in [0.2, 0.25) is 19.6 Å². The maximum Gasteiger partial charge on any atom is 0.183 e. The summed E-state index contributed by atoms with van der Waals surface area (Å²) in [6, 6.07) is 3.97. The van der Waals surface area contributed by atoms with E-state index in [0.29, 0.717) is 12.5 Å². The zero-order valence-corrected chi connectivity index (χ0v) is 12.4. The minimum absolute atomic E-state index is 0.201. The quantitative estimate of drug-likeness (QED) is 0.574. The molecule has 1 aromatic rings. The SMILES string of the molecule is CC(C)[C@H](CO[Si](C)(C)C)N=Cc1ccco1. The lowest BCUT2D eigenvalue weighted by atomic mass is 10.1. The molecule has 1 atom stereocenters. The van der Waals surface area contributed by atoms with Gasteiger partial charge < -0.3 is 8.84 Å².